The zero-order valence-corrected chi connectivity index (χ0v) is 13.7. The van der Waals surface area contributed by atoms with Crippen LogP contribution in [0.1, 0.15) is 31.0 Å². The van der Waals surface area contributed by atoms with E-state index in [0.717, 1.165) is 31.5 Å². The van der Waals surface area contributed by atoms with Gasteiger partial charge in [-0.05, 0) is 37.5 Å². The Morgan fingerprint density at radius 2 is 2.21 bits per heavy atom. The summed E-state index contributed by atoms with van der Waals surface area (Å²) in [7, 11) is 1.54. The van der Waals surface area contributed by atoms with E-state index < -0.39 is 0 Å². The van der Waals surface area contributed by atoms with Gasteiger partial charge in [-0.2, -0.15) is 0 Å². The predicted octanol–water partition coefficient (Wildman–Crippen LogP) is 2.32. The smallest absolute Gasteiger partial charge is 0.249 e. The van der Waals surface area contributed by atoms with Crippen LogP contribution in [-0.4, -0.2) is 46.0 Å². The Bertz CT molecular complexity index is 680. The minimum Gasteiger partial charge on any atom is -0.375 e. The Kier molecular flexibility index (Phi) is 5.32. The molecule has 1 unspecified atom stereocenters. The highest BCUT2D eigenvalue weighted by Gasteiger charge is 2.29. The van der Waals surface area contributed by atoms with Gasteiger partial charge in [-0.15, -0.1) is 0 Å². The average Bonchev–Trinajstić information content (AvgIpc) is 2.63. The number of ether oxygens (including phenoxy) is 1. The molecule has 126 valence electrons. The molecule has 1 amide bonds. The number of anilines is 2. The van der Waals surface area contributed by atoms with E-state index in [1.807, 2.05) is 29.2 Å². The molecule has 1 N–H and O–H groups in total. The molecule has 0 spiro atoms. The maximum atomic E-state index is 12.3. The number of amides is 1. The van der Waals surface area contributed by atoms with Gasteiger partial charge in [0.2, 0.25) is 11.9 Å². The van der Waals surface area contributed by atoms with Crippen LogP contribution < -0.4 is 5.32 Å². The highest BCUT2D eigenvalue weighted by atomic mass is 16.5. The summed E-state index contributed by atoms with van der Waals surface area (Å²) >= 11 is 0. The van der Waals surface area contributed by atoms with Crippen LogP contribution in [0.25, 0.3) is 0 Å². The molecule has 0 aliphatic carbocycles. The zero-order valence-electron chi connectivity index (χ0n) is 13.7. The molecule has 7 nitrogen and oxygen atoms in total. The number of carbonyl (C=O) groups excluding carboxylic acids is 1. The summed E-state index contributed by atoms with van der Waals surface area (Å²) in [6, 6.07) is 7.43. The van der Waals surface area contributed by atoms with E-state index in [1.165, 1.54) is 7.11 Å². The van der Waals surface area contributed by atoms with Crippen LogP contribution in [0.3, 0.4) is 0 Å². The molecule has 0 radical (unpaired) electrons. The number of pyridine rings is 1. The number of rotatable bonds is 5. The van der Waals surface area contributed by atoms with Crippen molar-refractivity contribution in [2.24, 2.45) is 0 Å². The molecule has 7 heteroatoms. The number of piperidine rings is 1. The zero-order chi connectivity index (χ0) is 16.8. The lowest BCUT2D eigenvalue weighted by Crippen LogP contribution is -2.40. The Labute approximate surface area is 141 Å². The largest absolute Gasteiger partial charge is 0.375 e. The van der Waals surface area contributed by atoms with Crippen LogP contribution in [0.2, 0.25) is 0 Å². The normalized spacial score (nSPS) is 17.5. The Morgan fingerprint density at radius 1 is 1.29 bits per heavy atom. The van der Waals surface area contributed by atoms with Crippen molar-refractivity contribution in [2.75, 3.05) is 25.6 Å². The molecule has 3 heterocycles. The second-order valence-corrected chi connectivity index (χ2v) is 5.68. The monoisotopic (exact) mass is 327 g/mol. The highest BCUT2D eigenvalue weighted by molar-refractivity contribution is 5.78. The third-order valence-corrected chi connectivity index (χ3v) is 4.01. The summed E-state index contributed by atoms with van der Waals surface area (Å²) in [5.41, 5.74) is 0.840. The number of nitrogens with one attached hydrogen (secondary N) is 1. The van der Waals surface area contributed by atoms with Gasteiger partial charge in [-0.1, -0.05) is 6.07 Å². The molecule has 24 heavy (non-hydrogen) atoms. The summed E-state index contributed by atoms with van der Waals surface area (Å²) < 4.78 is 5.00. The Hall–Kier alpha value is -2.54. The maximum absolute atomic E-state index is 12.3. The van der Waals surface area contributed by atoms with Crippen LogP contribution in [0.5, 0.6) is 0 Å². The first kappa shape index (κ1) is 16.3. The first-order valence-corrected chi connectivity index (χ1v) is 8.07. The summed E-state index contributed by atoms with van der Waals surface area (Å²) in [6.07, 6.45) is 6.40. The van der Waals surface area contributed by atoms with Crippen LogP contribution in [0, 0.1) is 0 Å². The standard InChI is InChI=1S/C17H21N5O2/c1-24-12-16(23)22-11-5-3-6-14(22)13-8-10-19-17(20-13)21-15-7-2-4-9-18-15/h2,4,7-10,14H,3,5-6,11-12H2,1H3,(H,18,19,20,21). The fourth-order valence-corrected chi connectivity index (χ4v) is 2.91. The first-order chi connectivity index (χ1) is 11.8. The van der Waals surface area contributed by atoms with Gasteiger partial charge >= 0.3 is 0 Å². The van der Waals surface area contributed by atoms with Crippen molar-refractivity contribution in [2.45, 2.75) is 25.3 Å². The van der Waals surface area contributed by atoms with Gasteiger partial charge in [-0.3, -0.25) is 4.79 Å². The van der Waals surface area contributed by atoms with Gasteiger partial charge in [-0.25, -0.2) is 15.0 Å². The lowest BCUT2D eigenvalue weighted by Gasteiger charge is -2.35. The Balaban J connectivity index is 1.79. The van der Waals surface area contributed by atoms with Crippen molar-refractivity contribution in [3.63, 3.8) is 0 Å². The van der Waals surface area contributed by atoms with E-state index in [9.17, 15) is 4.79 Å². The van der Waals surface area contributed by atoms with Crippen molar-refractivity contribution in [3.05, 3.63) is 42.4 Å². The highest BCUT2D eigenvalue weighted by Crippen LogP contribution is 2.30. The number of hydrogen-bond donors (Lipinski definition) is 1. The molecule has 1 saturated heterocycles. The van der Waals surface area contributed by atoms with E-state index in [1.54, 1.807) is 12.4 Å². The van der Waals surface area contributed by atoms with E-state index >= 15 is 0 Å². The lowest BCUT2D eigenvalue weighted by molar-refractivity contribution is -0.139. The van der Waals surface area contributed by atoms with Crippen molar-refractivity contribution in [1.82, 2.24) is 19.9 Å². The van der Waals surface area contributed by atoms with E-state index in [-0.39, 0.29) is 18.6 Å². The first-order valence-electron chi connectivity index (χ1n) is 8.07. The van der Waals surface area contributed by atoms with Crippen molar-refractivity contribution < 1.29 is 9.53 Å². The minimum absolute atomic E-state index is 0.0000440. The number of nitrogens with zero attached hydrogens (tertiary/aromatic N) is 4. The molecule has 2 aromatic rings. The summed E-state index contributed by atoms with van der Waals surface area (Å²) in [5, 5.41) is 3.09. The van der Waals surface area contributed by atoms with Crippen molar-refractivity contribution >= 4 is 17.7 Å². The lowest BCUT2D eigenvalue weighted by atomic mass is 9.99. The predicted molar refractivity (Wildman–Crippen MR) is 89.7 cm³/mol. The summed E-state index contributed by atoms with van der Waals surface area (Å²) in [4.78, 5) is 27.2. The second-order valence-electron chi connectivity index (χ2n) is 5.68. The van der Waals surface area contributed by atoms with Crippen LogP contribution in [0.4, 0.5) is 11.8 Å². The summed E-state index contributed by atoms with van der Waals surface area (Å²) in [6.45, 7) is 0.834. The van der Waals surface area contributed by atoms with E-state index in [0.29, 0.717) is 11.8 Å². The SMILES string of the molecule is COCC(=O)N1CCCCC1c1ccnc(Nc2ccccn2)n1. The fraction of sp³-hybridized carbons (Fsp3) is 0.412. The number of aromatic nitrogens is 3. The Morgan fingerprint density at radius 3 is 3.00 bits per heavy atom. The second kappa shape index (κ2) is 7.83. The van der Waals surface area contributed by atoms with Crippen LogP contribution in [0.15, 0.2) is 36.7 Å². The van der Waals surface area contributed by atoms with Gasteiger partial charge in [0.05, 0.1) is 11.7 Å². The number of hydrogen-bond acceptors (Lipinski definition) is 6. The van der Waals surface area contributed by atoms with Crippen molar-refractivity contribution in [3.8, 4) is 0 Å². The van der Waals surface area contributed by atoms with Gasteiger partial charge in [0.25, 0.3) is 0 Å². The third kappa shape index (κ3) is 3.86. The number of likely N-dealkylation sites (tertiary alicyclic amines) is 1. The molecule has 1 aliphatic rings. The third-order valence-electron chi connectivity index (χ3n) is 4.01. The van der Waals surface area contributed by atoms with Gasteiger partial charge in [0, 0.05) is 26.0 Å². The molecule has 0 aromatic carbocycles. The molecule has 0 saturated carbocycles. The molecular weight excluding hydrogens is 306 g/mol. The molecule has 1 atom stereocenters. The fourth-order valence-electron chi connectivity index (χ4n) is 2.91. The summed E-state index contributed by atoms with van der Waals surface area (Å²) in [5.74, 6) is 1.17. The molecule has 2 aromatic heterocycles. The van der Waals surface area contributed by atoms with E-state index in [2.05, 4.69) is 20.3 Å². The molecular formula is C17H21N5O2. The van der Waals surface area contributed by atoms with Gasteiger partial charge in [0.15, 0.2) is 0 Å². The number of carbonyl (C=O) groups is 1. The van der Waals surface area contributed by atoms with Crippen LogP contribution in [-0.2, 0) is 9.53 Å². The topological polar surface area (TPSA) is 80.2 Å². The molecule has 3 rings (SSSR count). The van der Waals surface area contributed by atoms with Gasteiger partial charge in [0.1, 0.15) is 12.4 Å². The minimum atomic E-state index is -0.0336. The average molecular weight is 327 g/mol. The molecule has 1 aliphatic heterocycles. The van der Waals surface area contributed by atoms with Crippen LogP contribution >= 0.6 is 0 Å². The molecule has 0 bridgehead atoms. The quantitative estimate of drug-likeness (QED) is 0.908. The number of methoxy groups -OCH3 is 1. The van der Waals surface area contributed by atoms with Crippen molar-refractivity contribution in [1.29, 1.82) is 0 Å². The maximum Gasteiger partial charge on any atom is 0.249 e. The van der Waals surface area contributed by atoms with E-state index in [4.69, 9.17) is 4.74 Å². The van der Waals surface area contributed by atoms with Gasteiger partial charge < -0.3 is 15.0 Å². The molecule has 1 fully saturated rings.